The fourth-order valence-electron chi connectivity index (χ4n) is 4.51. The lowest BCUT2D eigenvalue weighted by atomic mass is 10.1. The van der Waals surface area contributed by atoms with E-state index in [9.17, 15) is 14.4 Å². The molecule has 0 radical (unpaired) electrons. The monoisotopic (exact) mass is 561 g/mol. The van der Waals surface area contributed by atoms with Crippen LogP contribution < -0.4 is 24.4 Å². The van der Waals surface area contributed by atoms with Crippen molar-refractivity contribution in [2.24, 2.45) is 0 Å². The lowest BCUT2D eigenvalue weighted by Gasteiger charge is -2.24. The largest absolute Gasteiger partial charge is 0.497 e. The van der Waals surface area contributed by atoms with Crippen LogP contribution in [0.1, 0.15) is 29.3 Å². The first-order chi connectivity index (χ1) is 19.4. The Morgan fingerprint density at radius 2 is 1.75 bits per heavy atom. The van der Waals surface area contributed by atoms with E-state index >= 15 is 0 Å². The maximum atomic E-state index is 13.7. The molecule has 1 saturated heterocycles. The molecule has 0 spiro atoms. The minimum absolute atomic E-state index is 0.143. The minimum Gasteiger partial charge on any atom is -0.497 e. The van der Waals surface area contributed by atoms with Crippen molar-refractivity contribution in [1.29, 1.82) is 0 Å². The van der Waals surface area contributed by atoms with Gasteiger partial charge in [-0.1, -0.05) is 6.07 Å². The highest BCUT2D eigenvalue weighted by molar-refractivity contribution is 7.80. The Balaban J connectivity index is 1.36. The minimum atomic E-state index is -0.848. The molecule has 0 aliphatic carbocycles. The molecule has 3 aromatic carbocycles. The average molecular weight is 562 g/mol. The number of methoxy groups -OCH3 is 1. The molecule has 40 heavy (non-hydrogen) atoms. The summed E-state index contributed by atoms with van der Waals surface area (Å²) in [6, 6.07) is 18.0. The Kier molecular flexibility index (Phi) is 7.83. The second kappa shape index (κ2) is 11.6. The Morgan fingerprint density at radius 3 is 2.45 bits per heavy atom. The molecular formula is C29H27N3O7S. The molecule has 1 unspecified atom stereocenters. The van der Waals surface area contributed by atoms with E-state index in [0.29, 0.717) is 34.2 Å². The van der Waals surface area contributed by atoms with Crippen LogP contribution in [0.2, 0.25) is 0 Å². The molecule has 0 bridgehead atoms. The van der Waals surface area contributed by atoms with Gasteiger partial charge in [0.1, 0.15) is 11.8 Å². The Labute approximate surface area is 236 Å². The molecule has 2 amide bonds. The third kappa shape index (κ3) is 5.55. The summed E-state index contributed by atoms with van der Waals surface area (Å²) in [5.41, 5.74) is 2.28. The maximum absolute atomic E-state index is 13.7. The number of carbonyl (C=O) groups excluding carboxylic acids is 3. The number of amides is 2. The number of fused-ring (bicyclic) bond motifs is 1. The van der Waals surface area contributed by atoms with Gasteiger partial charge in [0.25, 0.3) is 5.91 Å². The van der Waals surface area contributed by atoms with E-state index in [0.717, 1.165) is 5.56 Å². The molecule has 1 fully saturated rings. The number of nitrogens with one attached hydrogen (secondary N) is 1. The summed E-state index contributed by atoms with van der Waals surface area (Å²) in [7, 11) is 1.56. The predicted molar refractivity (Wildman–Crippen MR) is 151 cm³/mol. The molecule has 3 aromatic rings. The van der Waals surface area contributed by atoms with Gasteiger partial charge in [-0.05, 0) is 85.4 Å². The number of thiocarbonyl (C=S) groups is 1. The third-order valence-electron chi connectivity index (χ3n) is 6.50. The normalized spacial score (nSPS) is 15.8. The summed E-state index contributed by atoms with van der Waals surface area (Å²) < 4.78 is 21.1. The molecule has 0 aromatic heterocycles. The van der Waals surface area contributed by atoms with Crippen molar-refractivity contribution in [2.45, 2.75) is 25.9 Å². The summed E-state index contributed by atoms with van der Waals surface area (Å²) in [6.07, 6.45) is -0.143. The number of rotatable bonds is 9. The molecule has 1 atom stereocenters. The van der Waals surface area contributed by atoms with Crippen LogP contribution in [0.25, 0.3) is 0 Å². The van der Waals surface area contributed by atoms with E-state index in [-0.39, 0.29) is 43.3 Å². The van der Waals surface area contributed by atoms with Crippen LogP contribution in [-0.4, -0.2) is 54.3 Å². The zero-order valence-corrected chi connectivity index (χ0v) is 22.7. The lowest BCUT2D eigenvalue weighted by Crippen LogP contribution is -2.37. The molecule has 5 rings (SSSR count). The SMILES string of the molecule is CCOC(=O)c1ccc(NC(=O)CC2C(=O)N(c3ccc(OC)cc3)C(=S)N2Cc2ccc3c(c2)OCO3)cc1. The summed E-state index contributed by atoms with van der Waals surface area (Å²) in [5, 5.41) is 3.09. The van der Waals surface area contributed by atoms with Crippen LogP contribution >= 0.6 is 12.2 Å². The zero-order chi connectivity index (χ0) is 28.2. The first-order valence-corrected chi connectivity index (χ1v) is 13.0. The summed E-state index contributed by atoms with van der Waals surface area (Å²) in [5.74, 6) is 0.766. The van der Waals surface area contributed by atoms with Gasteiger partial charge in [0, 0.05) is 12.2 Å². The summed E-state index contributed by atoms with van der Waals surface area (Å²) >= 11 is 5.77. The number of hydrogen-bond acceptors (Lipinski definition) is 8. The number of nitrogens with zero attached hydrogens (tertiary/aromatic N) is 2. The molecule has 2 heterocycles. The van der Waals surface area contributed by atoms with Crippen molar-refractivity contribution in [1.82, 2.24) is 4.90 Å². The highest BCUT2D eigenvalue weighted by atomic mass is 32.1. The van der Waals surface area contributed by atoms with Crippen molar-refractivity contribution in [3.05, 3.63) is 77.9 Å². The summed E-state index contributed by atoms with van der Waals surface area (Å²) in [6.45, 7) is 2.42. The molecule has 2 aliphatic rings. The molecular weight excluding hydrogens is 534 g/mol. The van der Waals surface area contributed by atoms with E-state index in [4.69, 9.17) is 31.2 Å². The number of carbonyl (C=O) groups is 3. The molecule has 11 heteroatoms. The van der Waals surface area contributed by atoms with Crippen molar-refractivity contribution < 1.29 is 33.3 Å². The number of hydrogen-bond donors (Lipinski definition) is 1. The Morgan fingerprint density at radius 1 is 1.02 bits per heavy atom. The number of benzene rings is 3. The fraction of sp³-hybridized carbons (Fsp3) is 0.241. The van der Waals surface area contributed by atoms with Gasteiger partial charge in [0.05, 0.1) is 31.4 Å². The second-order valence-corrected chi connectivity index (χ2v) is 9.40. The molecule has 2 aliphatic heterocycles. The van der Waals surface area contributed by atoms with Crippen LogP contribution in [0.15, 0.2) is 66.7 Å². The molecule has 0 saturated carbocycles. The van der Waals surface area contributed by atoms with E-state index in [2.05, 4.69) is 5.32 Å². The highest BCUT2D eigenvalue weighted by Gasteiger charge is 2.44. The fourth-order valence-corrected chi connectivity index (χ4v) is 4.90. The van der Waals surface area contributed by atoms with Gasteiger partial charge in [0.15, 0.2) is 16.6 Å². The van der Waals surface area contributed by atoms with Gasteiger partial charge in [-0.2, -0.15) is 0 Å². The van der Waals surface area contributed by atoms with Crippen molar-refractivity contribution in [3.8, 4) is 17.2 Å². The third-order valence-corrected chi connectivity index (χ3v) is 6.91. The molecule has 10 nitrogen and oxygen atoms in total. The standard InChI is InChI=1S/C29H27N3O7S/c1-3-37-28(35)19-5-7-20(8-6-19)30-26(33)15-23-27(34)32(21-9-11-22(36-2)12-10-21)29(40)31(23)16-18-4-13-24-25(14-18)39-17-38-24/h4-14,23H,3,15-17H2,1-2H3,(H,30,33). The van der Waals surface area contributed by atoms with Gasteiger partial charge in [-0.3, -0.25) is 14.5 Å². The van der Waals surface area contributed by atoms with E-state index < -0.39 is 12.0 Å². The molecule has 206 valence electrons. The van der Waals surface area contributed by atoms with Gasteiger partial charge in [-0.25, -0.2) is 4.79 Å². The van der Waals surface area contributed by atoms with Gasteiger partial charge in [-0.15, -0.1) is 0 Å². The predicted octanol–water partition coefficient (Wildman–Crippen LogP) is 4.13. The van der Waals surface area contributed by atoms with E-state index in [1.807, 2.05) is 18.2 Å². The summed E-state index contributed by atoms with van der Waals surface area (Å²) in [4.78, 5) is 41.9. The van der Waals surface area contributed by atoms with Crippen LogP contribution in [0.4, 0.5) is 11.4 Å². The Bertz CT molecular complexity index is 1440. The van der Waals surface area contributed by atoms with Crippen LogP contribution in [0.3, 0.4) is 0 Å². The van der Waals surface area contributed by atoms with Crippen molar-refractivity contribution >= 4 is 46.5 Å². The van der Waals surface area contributed by atoms with E-state index in [1.54, 1.807) is 67.5 Å². The number of ether oxygens (including phenoxy) is 4. The quantitative estimate of drug-likeness (QED) is 0.305. The topological polar surface area (TPSA) is 107 Å². The number of anilines is 2. The van der Waals surface area contributed by atoms with E-state index in [1.165, 1.54) is 4.90 Å². The van der Waals surface area contributed by atoms with Gasteiger partial charge < -0.3 is 29.2 Å². The first kappa shape index (κ1) is 26.9. The van der Waals surface area contributed by atoms with Crippen molar-refractivity contribution in [3.63, 3.8) is 0 Å². The second-order valence-electron chi connectivity index (χ2n) is 9.04. The maximum Gasteiger partial charge on any atom is 0.338 e. The highest BCUT2D eigenvalue weighted by Crippen LogP contribution is 2.35. The van der Waals surface area contributed by atoms with Crippen molar-refractivity contribution in [2.75, 3.05) is 30.7 Å². The smallest absolute Gasteiger partial charge is 0.338 e. The average Bonchev–Trinajstić information content (AvgIpc) is 3.51. The first-order valence-electron chi connectivity index (χ1n) is 12.6. The van der Waals surface area contributed by atoms with Gasteiger partial charge >= 0.3 is 5.97 Å². The zero-order valence-electron chi connectivity index (χ0n) is 21.9. The van der Waals surface area contributed by atoms with Crippen LogP contribution in [0.5, 0.6) is 17.2 Å². The molecule has 1 N–H and O–H groups in total. The number of esters is 1. The Hall–Kier alpha value is -4.64. The van der Waals surface area contributed by atoms with Crippen LogP contribution in [0, 0.1) is 0 Å². The lowest BCUT2D eigenvalue weighted by molar-refractivity contribution is -0.124. The van der Waals surface area contributed by atoms with Gasteiger partial charge in [0.2, 0.25) is 12.7 Å². The van der Waals surface area contributed by atoms with Crippen LogP contribution in [-0.2, 0) is 20.9 Å².